The Balaban J connectivity index is 0.00000196. The van der Waals surface area contributed by atoms with Gasteiger partial charge in [-0.3, -0.25) is 21.8 Å². The zero-order valence-electron chi connectivity index (χ0n) is 8.30. The summed E-state index contributed by atoms with van der Waals surface area (Å²) in [4.78, 5) is 11.3. The van der Waals surface area contributed by atoms with Crippen LogP contribution in [-0.4, -0.2) is 6.45 Å². The molecule has 0 fully saturated rings. The predicted octanol–water partition coefficient (Wildman–Crippen LogP) is 2.89. The fraction of sp³-hybridized carbons (Fsp3) is 0.111. The van der Waals surface area contributed by atoms with Crippen LogP contribution in [0.15, 0.2) is 29.2 Å². The molecule has 0 saturated heterocycles. The van der Waals surface area contributed by atoms with Gasteiger partial charge in [0.25, 0.3) is 6.45 Å². The van der Waals surface area contributed by atoms with Gasteiger partial charge in [-0.15, -0.1) is 0 Å². The van der Waals surface area contributed by atoms with E-state index in [0.29, 0.717) is 0 Å². The minimum atomic E-state index is -1.01. The first-order valence-corrected chi connectivity index (χ1v) is 5.86. The molecule has 0 aliphatic carbocycles. The summed E-state index contributed by atoms with van der Waals surface area (Å²) in [6, 6.07) is 7.56. The Morgan fingerprint density at radius 2 is 2.29 bits per heavy atom. The fourth-order valence-corrected chi connectivity index (χ4v) is 2.24. The van der Waals surface area contributed by atoms with Gasteiger partial charge in [0.1, 0.15) is 6.61 Å². The summed E-state index contributed by atoms with van der Waals surface area (Å²) < 4.78 is 11.2. The van der Waals surface area contributed by atoms with Crippen LogP contribution >= 0.6 is 21.6 Å². The number of rotatable bonds is 4. The molecule has 0 heterocycles. The van der Waals surface area contributed by atoms with Crippen molar-refractivity contribution in [3.8, 4) is 0 Å². The Bertz CT molecular complexity index is 323. The van der Waals surface area contributed by atoms with Gasteiger partial charge in [0.05, 0.1) is 0 Å². The van der Waals surface area contributed by atoms with Crippen molar-refractivity contribution < 1.29 is 29.5 Å². The summed E-state index contributed by atoms with van der Waals surface area (Å²) in [5.74, 6) is 0. The van der Waals surface area contributed by atoms with Crippen LogP contribution in [0.4, 0.5) is 0 Å². The fourth-order valence-electron chi connectivity index (χ4n) is 0.875. The molecule has 2 nitrogen and oxygen atoms in total. The van der Waals surface area contributed by atoms with Crippen molar-refractivity contribution in [2.75, 3.05) is 0 Å². The van der Waals surface area contributed by atoms with E-state index in [4.69, 9.17) is 1.37 Å². The first-order valence-electron chi connectivity index (χ1n) is 4.04. The van der Waals surface area contributed by atoms with Crippen LogP contribution in [0.3, 0.4) is 0 Å². The van der Waals surface area contributed by atoms with Gasteiger partial charge in [-0.25, -0.2) is 0 Å². The van der Waals surface area contributed by atoms with E-state index in [2.05, 4.69) is 11.0 Å². The minimum absolute atomic E-state index is 0. The van der Waals surface area contributed by atoms with E-state index in [1.807, 2.05) is 24.3 Å². The maximum Gasteiger partial charge on any atom is 0.293 e. The van der Waals surface area contributed by atoms with E-state index >= 15 is 0 Å². The van der Waals surface area contributed by atoms with Crippen molar-refractivity contribution in [1.29, 1.82) is 0 Å². The van der Waals surface area contributed by atoms with Crippen molar-refractivity contribution in [2.45, 2.75) is 11.5 Å². The smallest absolute Gasteiger partial charge is 0.293 e. The molecule has 1 aromatic rings. The average Bonchev–Trinajstić information content (AvgIpc) is 2.17. The van der Waals surface area contributed by atoms with Crippen LogP contribution < -0.4 is 0 Å². The molecule has 0 bridgehead atoms. The monoisotopic (exact) mass is 265 g/mol. The van der Waals surface area contributed by atoms with Crippen LogP contribution in [0.25, 0.3) is 0 Å². The van der Waals surface area contributed by atoms with Crippen molar-refractivity contribution >= 4 is 28.0 Å². The number of ether oxygens (including phenoxy) is 1. The molecule has 0 amide bonds. The van der Waals surface area contributed by atoms with Crippen LogP contribution in [0, 0.1) is 6.26 Å². The SMILES string of the molecule is [2H]C(=O)OCc1ccccc1SS[CH2-].[V]. The topological polar surface area (TPSA) is 26.3 Å². The molecular formula is C9H9O2S2V-. The molecule has 0 aromatic heterocycles. The number of benzene rings is 1. The molecule has 14 heavy (non-hydrogen) atoms. The van der Waals surface area contributed by atoms with Crippen molar-refractivity contribution in [3.63, 3.8) is 0 Å². The standard InChI is InChI=1S/C9H9O2S2.V/c1-12-13-9-5-3-2-4-8(9)6-11-7-10;/h2-5,7H,1,6H2;/q-1;/i7D;. The summed E-state index contributed by atoms with van der Waals surface area (Å²) in [7, 11) is 2.89. The van der Waals surface area contributed by atoms with Gasteiger partial charge in [0.15, 0.2) is 1.37 Å². The Morgan fingerprint density at radius 3 is 2.93 bits per heavy atom. The molecule has 1 rings (SSSR count). The third-order valence-corrected chi connectivity index (χ3v) is 3.00. The maximum absolute atomic E-state index is 10.3. The third kappa shape index (κ3) is 4.46. The molecular weight excluding hydrogens is 255 g/mol. The maximum atomic E-state index is 10.3. The van der Waals surface area contributed by atoms with Gasteiger partial charge < -0.3 is 4.74 Å². The van der Waals surface area contributed by atoms with Crippen LogP contribution in [0.1, 0.15) is 6.93 Å². The second kappa shape index (κ2) is 8.30. The molecule has 0 N–H and O–H groups in total. The largest absolute Gasteiger partial charge is 0.463 e. The Morgan fingerprint density at radius 1 is 1.57 bits per heavy atom. The predicted molar refractivity (Wildman–Crippen MR) is 56.1 cm³/mol. The van der Waals surface area contributed by atoms with Gasteiger partial charge in [0, 0.05) is 29.0 Å². The van der Waals surface area contributed by atoms with Gasteiger partial charge in [-0.1, -0.05) is 29.0 Å². The van der Waals surface area contributed by atoms with E-state index in [0.717, 1.165) is 10.5 Å². The molecule has 75 valence electrons. The molecule has 1 radical (unpaired) electrons. The molecule has 0 unspecified atom stereocenters. The second-order valence-corrected chi connectivity index (χ2v) is 4.23. The Hall–Kier alpha value is -0.0256. The molecule has 0 spiro atoms. The number of carbonyl (C=O) groups excluding carboxylic acids is 1. The zero-order valence-corrected chi connectivity index (χ0v) is 10.3. The normalized spacial score (nSPS) is 9.93. The average molecular weight is 265 g/mol. The van der Waals surface area contributed by atoms with Crippen LogP contribution in [0.2, 0.25) is 0 Å². The molecule has 0 atom stereocenters. The van der Waals surface area contributed by atoms with E-state index in [1.165, 1.54) is 21.6 Å². The van der Waals surface area contributed by atoms with E-state index in [1.54, 1.807) is 0 Å². The zero-order chi connectivity index (χ0) is 10.4. The summed E-state index contributed by atoms with van der Waals surface area (Å²) in [6.07, 6.45) is 2.64. The first-order chi connectivity index (χ1) is 6.74. The number of hydrogen-bond donors (Lipinski definition) is 0. The Labute approximate surface area is 105 Å². The van der Waals surface area contributed by atoms with E-state index < -0.39 is 6.45 Å². The summed E-state index contributed by atoms with van der Waals surface area (Å²) >= 11 is 0. The molecule has 0 aliphatic heterocycles. The minimum Gasteiger partial charge on any atom is -0.463 e. The van der Waals surface area contributed by atoms with Crippen LogP contribution in [0.5, 0.6) is 0 Å². The van der Waals surface area contributed by atoms with Crippen molar-refractivity contribution in [2.24, 2.45) is 0 Å². The van der Waals surface area contributed by atoms with Crippen LogP contribution in [-0.2, 0) is 34.7 Å². The third-order valence-electron chi connectivity index (χ3n) is 1.41. The molecule has 0 saturated carbocycles. The first kappa shape index (κ1) is 12.0. The van der Waals surface area contributed by atoms with E-state index in [9.17, 15) is 4.79 Å². The summed E-state index contributed by atoms with van der Waals surface area (Å²) in [5, 5.41) is 0. The summed E-state index contributed by atoms with van der Waals surface area (Å²) in [5.41, 5.74) is 0.897. The van der Waals surface area contributed by atoms with Gasteiger partial charge in [-0.05, 0) is 6.07 Å². The summed E-state index contributed by atoms with van der Waals surface area (Å²) in [6.45, 7) is 0.145. The Kier molecular flexibility index (Phi) is 7.14. The van der Waals surface area contributed by atoms with Gasteiger partial charge in [-0.2, -0.15) is 0 Å². The number of carbonyl (C=O) groups is 1. The molecule has 0 aliphatic rings. The van der Waals surface area contributed by atoms with Gasteiger partial charge >= 0.3 is 0 Å². The van der Waals surface area contributed by atoms with E-state index in [-0.39, 0.29) is 25.2 Å². The second-order valence-electron chi connectivity index (χ2n) is 2.18. The quantitative estimate of drug-likeness (QED) is 0.475. The molecule has 1 aromatic carbocycles. The molecule has 5 heteroatoms. The van der Waals surface area contributed by atoms with Crippen molar-refractivity contribution in [1.82, 2.24) is 0 Å². The van der Waals surface area contributed by atoms with Crippen molar-refractivity contribution in [3.05, 3.63) is 36.1 Å². The number of hydrogen-bond acceptors (Lipinski definition) is 4. The van der Waals surface area contributed by atoms with Gasteiger partial charge in [0.2, 0.25) is 0 Å².